The van der Waals surface area contributed by atoms with Gasteiger partial charge in [-0.25, -0.2) is 0 Å². The second kappa shape index (κ2) is 7.25. The molecule has 0 heterocycles. The summed E-state index contributed by atoms with van der Waals surface area (Å²) < 4.78 is 5.64. The smallest absolute Gasteiger partial charge is 0.0639 e. The minimum atomic E-state index is 0.0401. The van der Waals surface area contributed by atoms with Gasteiger partial charge in [0.1, 0.15) is 0 Å². The average Bonchev–Trinajstić information content (AvgIpc) is 2.26. The van der Waals surface area contributed by atoms with Crippen LogP contribution >= 0.6 is 0 Å². The van der Waals surface area contributed by atoms with E-state index in [1.165, 1.54) is 0 Å². The van der Waals surface area contributed by atoms with Crippen LogP contribution in [0, 0.1) is 0 Å². The number of rotatable bonds is 8. The van der Waals surface area contributed by atoms with Crippen molar-refractivity contribution >= 4 is 0 Å². The Morgan fingerprint density at radius 3 is 2.00 bits per heavy atom. The topological polar surface area (TPSA) is 38.5 Å². The summed E-state index contributed by atoms with van der Waals surface area (Å²) in [5.41, 5.74) is 6.34. The molecular formula is C13H30N2O. The van der Waals surface area contributed by atoms with E-state index in [1.54, 1.807) is 0 Å². The van der Waals surface area contributed by atoms with Crippen LogP contribution in [0.25, 0.3) is 0 Å². The predicted octanol–water partition coefficient (Wildman–Crippen LogP) is 2.25. The van der Waals surface area contributed by atoms with Crippen LogP contribution in [0.3, 0.4) is 0 Å². The largest absolute Gasteiger partial charge is 0.377 e. The maximum atomic E-state index is 6.30. The van der Waals surface area contributed by atoms with E-state index >= 15 is 0 Å². The normalized spacial score (nSPS) is 17.8. The summed E-state index contributed by atoms with van der Waals surface area (Å²) >= 11 is 0. The number of hydrogen-bond donors (Lipinski definition) is 1. The Balaban J connectivity index is 4.53. The molecule has 0 aliphatic heterocycles. The molecule has 3 heteroatoms. The Morgan fingerprint density at radius 2 is 1.69 bits per heavy atom. The van der Waals surface area contributed by atoms with Crippen molar-refractivity contribution in [2.24, 2.45) is 5.73 Å². The first-order valence-electron chi connectivity index (χ1n) is 6.54. The molecule has 0 aliphatic carbocycles. The van der Waals surface area contributed by atoms with Gasteiger partial charge in [0.15, 0.2) is 0 Å². The summed E-state index contributed by atoms with van der Waals surface area (Å²) in [6.45, 7) is 15.6. The Bertz CT molecular complexity index is 181. The lowest BCUT2D eigenvalue weighted by Crippen LogP contribution is -2.59. The molecule has 2 atom stereocenters. The van der Waals surface area contributed by atoms with Crippen LogP contribution in [0.1, 0.15) is 48.0 Å². The van der Waals surface area contributed by atoms with Crippen molar-refractivity contribution in [2.45, 2.75) is 65.6 Å². The highest BCUT2D eigenvalue weighted by Crippen LogP contribution is 2.22. The zero-order valence-electron chi connectivity index (χ0n) is 11.9. The second-order valence-corrected chi connectivity index (χ2v) is 4.87. The summed E-state index contributed by atoms with van der Waals surface area (Å²) in [4.78, 5) is 2.43. The van der Waals surface area contributed by atoms with Gasteiger partial charge < -0.3 is 10.5 Å². The summed E-state index contributed by atoms with van der Waals surface area (Å²) in [7, 11) is 0. The van der Waals surface area contributed by atoms with E-state index < -0.39 is 0 Å². The molecule has 0 rings (SSSR count). The van der Waals surface area contributed by atoms with Crippen molar-refractivity contribution in [3.8, 4) is 0 Å². The lowest BCUT2D eigenvalue weighted by molar-refractivity contribution is 0.00995. The lowest BCUT2D eigenvalue weighted by atomic mass is 9.88. The van der Waals surface area contributed by atoms with Crippen molar-refractivity contribution in [1.29, 1.82) is 0 Å². The average molecular weight is 230 g/mol. The zero-order valence-corrected chi connectivity index (χ0v) is 11.9. The third-order valence-electron chi connectivity index (χ3n) is 3.61. The van der Waals surface area contributed by atoms with Gasteiger partial charge >= 0.3 is 0 Å². The maximum Gasteiger partial charge on any atom is 0.0639 e. The van der Waals surface area contributed by atoms with E-state index in [0.717, 1.165) is 19.5 Å². The fourth-order valence-electron chi connectivity index (χ4n) is 2.14. The van der Waals surface area contributed by atoms with Crippen LogP contribution in [0.5, 0.6) is 0 Å². The van der Waals surface area contributed by atoms with Gasteiger partial charge in [-0.1, -0.05) is 20.8 Å². The van der Waals surface area contributed by atoms with E-state index in [4.69, 9.17) is 10.5 Å². The van der Waals surface area contributed by atoms with Crippen LogP contribution in [0.15, 0.2) is 0 Å². The third kappa shape index (κ3) is 4.04. The molecule has 0 spiro atoms. The van der Waals surface area contributed by atoms with Gasteiger partial charge in [-0.15, -0.1) is 0 Å². The zero-order chi connectivity index (χ0) is 12.8. The van der Waals surface area contributed by atoms with E-state index in [-0.39, 0.29) is 17.7 Å². The van der Waals surface area contributed by atoms with Gasteiger partial charge in [0, 0.05) is 11.6 Å². The van der Waals surface area contributed by atoms with Gasteiger partial charge in [0.25, 0.3) is 0 Å². The van der Waals surface area contributed by atoms with Crippen molar-refractivity contribution in [3.63, 3.8) is 0 Å². The van der Waals surface area contributed by atoms with Crippen molar-refractivity contribution in [2.75, 3.05) is 19.7 Å². The first-order chi connectivity index (χ1) is 7.42. The molecule has 0 aromatic rings. The van der Waals surface area contributed by atoms with Gasteiger partial charge in [-0.3, -0.25) is 4.90 Å². The van der Waals surface area contributed by atoms with E-state index in [9.17, 15) is 0 Å². The molecule has 2 unspecified atom stereocenters. The molecule has 0 amide bonds. The standard InChI is InChI=1S/C13H30N2O/c1-7-13(6,15(8-2)9-3)12(14)10-16-11(4)5/h11-12H,7-10,14H2,1-6H3. The predicted molar refractivity (Wildman–Crippen MR) is 70.7 cm³/mol. The van der Waals surface area contributed by atoms with Gasteiger partial charge in [0.2, 0.25) is 0 Å². The Kier molecular flexibility index (Phi) is 7.20. The first kappa shape index (κ1) is 15.9. The van der Waals surface area contributed by atoms with Crippen LogP contribution in [-0.2, 0) is 4.74 Å². The summed E-state index contributed by atoms with van der Waals surface area (Å²) in [5.74, 6) is 0. The molecule has 0 saturated carbocycles. The van der Waals surface area contributed by atoms with Gasteiger partial charge in [0.05, 0.1) is 12.7 Å². The summed E-state index contributed by atoms with van der Waals surface area (Å²) in [5, 5.41) is 0. The summed E-state index contributed by atoms with van der Waals surface area (Å²) in [6, 6.07) is 0.0693. The van der Waals surface area contributed by atoms with E-state index in [2.05, 4.69) is 32.6 Å². The molecule has 98 valence electrons. The molecule has 0 radical (unpaired) electrons. The number of nitrogens with two attached hydrogens (primary N) is 1. The Hall–Kier alpha value is -0.120. The first-order valence-corrected chi connectivity index (χ1v) is 6.54. The molecule has 0 aromatic carbocycles. The molecule has 0 aromatic heterocycles. The van der Waals surface area contributed by atoms with Crippen LogP contribution < -0.4 is 5.73 Å². The van der Waals surface area contributed by atoms with E-state index in [0.29, 0.717) is 6.61 Å². The highest BCUT2D eigenvalue weighted by Gasteiger charge is 2.34. The lowest BCUT2D eigenvalue weighted by Gasteiger charge is -2.44. The van der Waals surface area contributed by atoms with E-state index in [1.807, 2.05) is 13.8 Å². The van der Waals surface area contributed by atoms with Crippen LogP contribution in [-0.4, -0.2) is 42.3 Å². The highest BCUT2D eigenvalue weighted by molar-refractivity contribution is 4.94. The molecular weight excluding hydrogens is 200 g/mol. The highest BCUT2D eigenvalue weighted by atomic mass is 16.5. The summed E-state index contributed by atoms with van der Waals surface area (Å²) in [6.07, 6.45) is 1.31. The fraction of sp³-hybridized carbons (Fsp3) is 1.00. The van der Waals surface area contributed by atoms with Gasteiger partial charge in [-0.2, -0.15) is 0 Å². The minimum absolute atomic E-state index is 0.0401. The Labute approximate surface area is 101 Å². The molecule has 0 saturated heterocycles. The quantitative estimate of drug-likeness (QED) is 0.695. The molecule has 0 aliphatic rings. The van der Waals surface area contributed by atoms with Crippen LogP contribution in [0.4, 0.5) is 0 Å². The third-order valence-corrected chi connectivity index (χ3v) is 3.61. The molecule has 3 nitrogen and oxygen atoms in total. The number of hydrogen-bond acceptors (Lipinski definition) is 3. The number of nitrogens with zero attached hydrogens (tertiary/aromatic N) is 1. The van der Waals surface area contributed by atoms with Crippen molar-refractivity contribution in [3.05, 3.63) is 0 Å². The minimum Gasteiger partial charge on any atom is -0.377 e. The SMILES string of the molecule is CCN(CC)C(C)(CC)C(N)COC(C)C. The molecule has 0 bridgehead atoms. The van der Waals surface area contributed by atoms with Gasteiger partial charge in [-0.05, 0) is 40.3 Å². The van der Waals surface area contributed by atoms with Crippen molar-refractivity contribution in [1.82, 2.24) is 4.90 Å². The monoisotopic (exact) mass is 230 g/mol. The number of likely N-dealkylation sites (N-methyl/N-ethyl adjacent to an activating group) is 1. The molecule has 16 heavy (non-hydrogen) atoms. The maximum absolute atomic E-state index is 6.30. The van der Waals surface area contributed by atoms with Crippen LogP contribution in [0.2, 0.25) is 0 Å². The van der Waals surface area contributed by atoms with Crippen molar-refractivity contribution < 1.29 is 4.74 Å². The number of ether oxygens (including phenoxy) is 1. The Morgan fingerprint density at radius 1 is 1.19 bits per heavy atom. The molecule has 0 fully saturated rings. The second-order valence-electron chi connectivity index (χ2n) is 4.87. The molecule has 2 N–H and O–H groups in total. The fourth-order valence-corrected chi connectivity index (χ4v) is 2.14.